The topological polar surface area (TPSA) is 119 Å². The van der Waals surface area contributed by atoms with Crippen LogP contribution in [0.1, 0.15) is 13.3 Å². The van der Waals surface area contributed by atoms with Gasteiger partial charge in [-0.1, -0.05) is 0 Å². The molecule has 0 fully saturated rings. The minimum atomic E-state index is -2.78. The lowest BCUT2D eigenvalue weighted by Crippen LogP contribution is -2.44. The highest BCUT2D eigenvalue weighted by molar-refractivity contribution is 7.58. The molecule has 0 aromatic heterocycles. The third kappa shape index (κ3) is 6.42. The number of carboxylic acid groups (broad SMARTS) is 1. The summed E-state index contributed by atoms with van der Waals surface area (Å²) in [6.45, 7) is 3.43. The molecule has 0 aliphatic rings. The fourth-order valence-corrected chi connectivity index (χ4v) is 2.53. The van der Waals surface area contributed by atoms with Crippen LogP contribution in [0, 0.1) is 0 Å². The van der Waals surface area contributed by atoms with Crippen LogP contribution in [0.25, 0.3) is 0 Å². The first kappa shape index (κ1) is 14.9. The highest BCUT2D eigenvalue weighted by Crippen LogP contribution is 2.43. The van der Waals surface area contributed by atoms with Crippen molar-refractivity contribution in [1.82, 2.24) is 5.32 Å². The zero-order valence-corrected chi connectivity index (χ0v) is 10.2. The Morgan fingerprint density at radius 3 is 2.50 bits per heavy atom. The molecule has 0 aromatic rings. The number of amides is 2. The van der Waals surface area contributed by atoms with E-state index in [9.17, 15) is 14.2 Å². The van der Waals surface area contributed by atoms with Crippen LogP contribution in [0.4, 0.5) is 4.79 Å². The van der Waals surface area contributed by atoms with Crippen molar-refractivity contribution in [2.75, 3.05) is 19.4 Å². The third-order valence-electron chi connectivity index (χ3n) is 1.84. The quantitative estimate of drug-likeness (QED) is 0.568. The fraction of sp³-hybridized carbons (Fsp3) is 0.750. The summed E-state index contributed by atoms with van der Waals surface area (Å²) < 4.78 is 16.7. The molecule has 2 atom stereocenters. The molecule has 0 saturated carbocycles. The SMILES string of the molecule is CCOP(C)(=O)CCC(NC(N)=O)C(=O)O. The van der Waals surface area contributed by atoms with E-state index in [1.807, 2.05) is 0 Å². The lowest BCUT2D eigenvalue weighted by Gasteiger charge is -2.16. The smallest absolute Gasteiger partial charge is 0.326 e. The van der Waals surface area contributed by atoms with Gasteiger partial charge in [-0.3, -0.25) is 4.57 Å². The first-order valence-corrected chi connectivity index (χ1v) is 7.04. The van der Waals surface area contributed by atoms with Gasteiger partial charge in [0, 0.05) is 12.8 Å². The van der Waals surface area contributed by atoms with Crippen LogP contribution in [-0.4, -0.2) is 42.6 Å². The van der Waals surface area contributed by atoms with E-state index in [4.69, 9.17) is 15.4 Å². The van der Waals surface area contributed by atoms with E-state index in [0.29, 0.717) is 6.61 Å². The summed E-state index contributed by atoms with van der Waals surface area (Å²) in [7, 11) is -2.78. The first-order valence-electron chi connectivity index (χ1n) is 4.78. The molecule has 0 bridgehead atoms. The summed E-state index contributed by atoms with van der Waals surface area (Å²) in [6.07, 6.45) is 0.101. The van der Waals surface area contributed by atoms with E-state index in [1.165, 1.54) is 6.66 Å². The predicted molar refractivity (Wildman–Crippen MR) is 58.8 cm³/mol. The van der Waals surface area contributed by atoms with Gasteiger partial charge in [0.15, 0.2) is 7.37 Å². The molecule has 2 unspecified atom stereocenters. The molecular weight excluding hydrogens is 235 g/mol. The number of aliphatic carboxylic acids is 1. The number of rotatable bonds is 7. The average Bonchev–Trinajstić information content (AvgIpc) is 2.11. The number of primary amides is 1. The van der Waals surface area contributed by atoms with Crippen LogP contribution < -0.4 is 11.1 Å². The molecule has 0 aromatic carbocycles. The minimum absolute atomic E-state index is 0.0199. The molecule has 0 aliphatic carbocycles. The van der Waals surface area contributed by atoms with E-state index in [2.05, 4.69) is 5.32 Å². The maximum Gasteiger partial charge on any atom is 0.326 e. The van der Waals surface area contributed by atoms with Crippen LogP contribution in [0.2, 0.25) is 0 Å². The molecule has 0 aliphatic heterocycles. The number of nitrogens with one attached hydrogen (secondary N) is 1. The van der Waals surface area contributed by atoms with Crippen molar-refractivity contribution in [1.29, 1.82) is 0 Å². The Bertz CT molecular complexity index is 307. The van der Waals surface area contributed by atoms with Gasteiger partial charge in [-0.05, 0) is 13.3 Å². The van der Waals surface area contributed by atoms with Crippen molar-refractivity contribution in [3.63, 3.8) is 0 Å². The van der Waals surface area contributed by atoms with Crippen LogP contribution in [-0.2, 0) is 13.9 Å². The molecule has 16 heavy (non-hydrogen) atoms. The number of urea groups is 1. The van der Waals surface area contributed by atoms with Gasteiger partial charge in [-0.25, -0.2) is 9.59 Å². The van der Waals surface area contributed by atoms with Gasteiger partial charge in [-0.2, -0.15) is 0 Å². The summed E-state index contributed by atoms with van der Waals surface area (Å²) in [5.41, 5.74) is 4.82. The Labute approximate surface area is 93.8 Å². The van der Waals surface area contributed by atoms with E-state index in [0.717, 1.165) is 0 Å². The molecule has 0 rings (SSSR count). The van der Waals surface area contributed by atoms with Gasteiger partial charge >= 0.3 is 12.0 Å². The van der Waals surface area contributed by atoms with Gasteiger partial charge in [0.2, 0.25) is 0 Å². The summed E-state index contributed by atoms with van der Waals surface area (Å²) in [4.78, 5) is 21.2. The van der Waals surface area contributed by atoms with Crippen LogP contribution in [0.5, 0.6) is 0 Å². The van der Waals surface area contributed by atoms with E-state index >= 15 is 0 Å². The minimum Gasteiger partial charge on any atom is -0.480 e. The van der Waals surface area contributed by atoms with E-state index < -0.39 is 25.4 Å². The Morgan fingerprint density at radius 2 is 2.12 bits per heavy atom. The number of carbonyl (C=O) groups excluding carboxylic acids is 1. The number of hydrogen-bond donors (Lipinski definition) is 3. The molecule has 0 spiro atoms. The largest absolute Gasteiger partial charge is 0.480 e. The zero-order chi connectivity index (χ0) is 12.8. The lowest BCUT2D eigenvalue weighted by molar-refractivity contribution is -0.139. The molecule has 0 heterocycles. The second-order valence-corrected chi connectivity index (χ2v) is 6.08. The monoisotopic (exact) mass is 252 g/mol. The summed E-state index contributed by atoms with van der Waals surface area (Å²) in [6, 6.07) is -2.05. The van der Waals surface area contributed by atoms with Gasteiger partial charge in [0.05, 0.1) is 6.61 Å². The molecule has 0 saturated heterocycles. The van der Waals surface area contributed by atoms with Crippen molar-refractivity contribution in [2.24, 2.45) is 5.73 Å². The number of carbonyl (C=O) groups is 2. The number of carboxylic acids is 1. The Morgan fingerprint density at radius 1 is 1.56 bits per heavy atom. The van der Waals surface area contributed by atoms with Gasteiger partial charge < -0.3 is 20.7 Å². The molecule has 94 valence electrons. The van der Waals surface area contributed by atoms with Crippen LogP contribution in [0.3, 0.4) is 0 Å². The predicted octanol–water partition coefficient (Wildman–Crippen LogP) is 0.442. The molecule has 8 heteroatoms. The highest BCUT2D eigenvalue weighted by Gasteiger charge is 2.23. The van der Waals surface area contributed by atoms with Crippen molar-refractivity contribution >= 4 is 19.4 Å². The second-order valence-electron chi connectivity index (χ2n) is 3.34. The Balaban J connectivity index is 4.27. The standard InChI is InChI=1S/C8H17N2O5P/c1-3-15-16(2,14)5-4-6(7(11)12)10-8(9)13/h6H,3-5H2,1-2H3,(H,11,12)(H3,9,10,13). The molecule has 4 N–H and O–H groups in total. The van der Waals surface area contributed by atoms with Gasteiger partial charge in [0.25, 0.3) is 0 Å². The van der Waals surface area contributed by atoms with Crippen molar-refractivity contribution in [2.45, 2.75) is 19.4 Å². The summed E-state index contributed by atoms with van der Waals surface area (Å²) in [5.74, 6) is -1.21. The maximum absolute atomic E-state index is 11.7. The molecular formula is C8H17N2O5P. The molecule has 7 nitrogen and oxygen atoms in total. The molecule has 2 amide bonds. The summed E-state index contributed by atoms with van der Waals surface area (Å²) >= 11 is 0. The highest BCUT2D eigenvalue weighted by atomic mass is 31.2. The van der Waals surface area contributed by atoms with Crippen LogP contribution in [0.15, 0.2) is 0 Å². The lowest BCUT2D eigenvalue weighted by atomic mass is 10.2. The van der Waals surface area contributed by atoms with Crippen molar-refractivity contribution in [3.05, 3.63) is 0 Å². The number of hydrogen-bond acceptors (Lipinski definition) is 4. The van der Waals surface area contributed by atoms with E-state index in [1.54, 1.807) is 6.92 Å². The summed E-state index contributed by atoms with van der Waals surface area (Å²) in [5, 5.41) is 10.8. The van der Waals surface area contributed by atoms with Crippen LogP contribution >= 0.6 is 7.37 Å². The van der Waals surface area contributed by atoms with Gasteiger partial charge in [0.1, 0.15) is 6.04 Å². The average molecular weight is 252 g/mol. The third-order valence-corrected chi connectivity index (χ3v) is 3.72. The Kier molecular flexibility index (Phi) is 6.06. The van der Waals surface area contributed by atoms with Crippen molar-refractivity contribution < 1.29 is 23.8 Å². The zero-order valence-electron chi connectivity index (χ0n) is 9.30. The second kappa shape index (κ2) is 6.50. The Hall–Kier alpha value is -1.07. The fourth-order valence-electron chi connectivity index (χ4n) is 1.13. The normalized spacial score (nSPS) is 16.1. The number of nitrogens with two attached hydrogens (primary N) is 1. The van der Waals surface area contributed by atoms with Gasteiger partial charge in [-0.15, -0.1) is 0 Å². The first-order chi connectivity index (χ1) is 7.28. The van der Waals surface area contributed by atoms with Crippen molar-refractivity contribution in [3.8, 4) is 0 Å². The molecule has 0 radical (unpaired) electrons. The van der Waals surface area contributed by atoms with E-state index in [-0.39, 0.29) is 12.6 Å². The maximum atomic E-state index is 11.7.